The molecule has 1 aliphatic rings. The van der Waals surface area contributed by atoms with Gasteiger partial charge < -0.3 is 14.4 Å². The average molecular weight is 321 g/mol. The van der Waals surface area contributed by atoms with Crippen molar-refractivity contribution < 1.29 is 19.1 Å². The number of carbonyl (C=O) groups excluding carboxylic acids is 2. The summed E-state index contributed by atoms with van der Waals surface area (Å²) in [6, 6.07) is 4.87. The van der Waals surface area contributed by atoms with Crippen LogP contribution in [-0.4, -0.2) is 60.3 Å². The van der Waals surface area contributed by atoms with Crippen LogP contribution in [0.4, 0.5) is 10.6 Å². The summed E-state index contributed by atoms with van der Waals surface area (Å²) in [7, 11) is 1.31. The third-order valence-electron chi connectivity index (χ3n) is 3.45. The van der Waals surface area contributed by atoms with Crippen LogP contribution in [0, 0.1) is 0 Å². The maximum Gasteiger partial charge on any atom is 0.411 e. The maximum atomic E-state index is 12.3. The Bertz CT molecular complexity index is 556. The highest BCUT2D eigenvalue weighted by Crippen LogP contribution is 2.20. The number of rotatable bonds is 2. The Kier molecular flexibility index (Phi) is 5.08. The summed E-state index contributed by atoms with van der Waals surface area (Å²) in [5.41, 5.74) is -0.615. The van der Waals surface area contributed by atoms with Crippen LogP contribution in [0.2, 0.25) is 0 Å². The molecule has 0 aliphatic carbocycles. The first-order chi connectivity index (χ1) is 10.8. The second-order valence-electron chi connectivity index (χ2n) is 6.35. The smallest absolute Gasteiger partial charge is 0.411 e. The number of hydrogen-bond acceptors (Lipinski definition) is 6. The minimum atomic E-state index is -0.717. The van der Waals surface area contributed by atoms with Gasteiger partial charge in [-0.25, -0.2) is 14.6 Å². The lowest BCUT2D eigenvalue weighted by molar-refractivity contribution is -0.147. The molecule has 1 amide bonds. The van der Waals surface area contributed by atoms with Crippen LogP contribution in [0.5, 0.6) is 0 Å². The molecule has 1 aromatic heterocycles. The van der Waals surface area contributed by atoms with Crippen LogP contribution in [0.1, 0.15) is 20.8 Å². The SMILES string of the molecule is COC(=O)C1CN(c2ccccn2)CCN1C(=O)OC(C)(C)C. The third kappa shape index (κ3) is 4.34. The van der Waals surface area contributed by atoms with E-state index in [4.69, 9.17) is 9.47 Å². The molecule has 0 spiro atoms. The van der Waals surface area contributed by atoms with Crippen molar-refractivity contribution in [1.29, 1.82) is 0 Å². The van der Waals surface area contributed by atoms with Gasteiger partial charge in [-0.15, -0.1) is 0 Å². The molecule has 1 aliphatic heterocycles. The summed E-state index contributed by atoms with van der Waals surface area (Å²) in [6.45, 7) is 6.64. The highest BCUT2D eigenvalue weighted by atomic mass is 16.6. The van der Waals surface area contributed by atoms with Crippen molar-refractivity contribution in [3.05, 3.63) is 24.4 Å². The number of methoxy groups -OCH3 is 1. The van der Waals surface area contributed by atoms with Crippen LogP contribution < -0.4 is 4.90 Å². The van der Waals surface area contributed by atoms with E-state index in [1.54, 1.807) is 27.0 Å². The predicted molar refractivity (Wildman–Crippen MR) is 85.2 cm³/mol. The molecule has 0 radical (unpaired) electrons. The van der Waals surface area contributed by atoms with E-state index in [-0.39, 0.29) is 0 Å². The van der Waals surface area contributed by atoms with Crippen molar-refractivity contribution in [1.82, 2.24) is 9.88 Å². The monoisotopic (exact) mass is 321 g/mol. The number of nitrogens with zero attached hydrogens (tertiary/aromatic N) is 3. The largest absolute Gasteiger partial charge is 0.467 e. The fourth-order valence-electron chi connectivity index (χ4n) is 2.41. The van der Waals surface area contributed by atoms with Gasteiger partial charge in [0.1, 0.15) is 11.4 Å². The van der Waals surface area contributed by atoms with Crippen LogP contribution in [-0.2, 0) is 14.3 Å². The molecule has 2 heterocycles. The Morgan fingerprint density at radius 2 is 2.00 bits per heavy atom. The number of hydrogen-bond donors (Lipinski definition) is 0. The first-order valence-electron chi connectivity index (χ1n) is 7.55. The van der Waals surface area contributed by atoms with Gasteiger partial charge in [-0.2, -0.15) is 0 Å². The predicted octanol–water partition coefficient (Wildman–Crippen LogP) is 1.68. The number of pyridine rings is 1. The molecule has 1 saturated heterocycles. The Morgan fingerprint density at radius 3 is 2.57 bits per heavy atom. The van der Waals surface area contributed by atoms with Gasteiger partial charge in [0.25, 0.3) is 0 Å². The molecule has 2 rings (SSSR count). The maximum absolute atomic E-state index is 12.3. The standard InChI is InChI=1S/C16H23N3O4/c1-16(2,3)23-15(21)19-10-9-18(11-12(19)14(20)22-4)13-7-5-6-8-17-13/h5-8,12H,9-11H2,1-4H3. The third-order valence-corrected chi connectivity index (χ3v) is 3.45. The van der Waals surface area contributed by atoms with Gasteiger partial charge in [0.2, 0.25) is 0 Å². The zero-order valence-corrected chi connectivity index (χ0v) is 14.0. The number of carbonyl (C=O) groups is 2. The lowest BCUT2D eigenvalue weighted by atomic mass is 10.1. The fourth-order valence-corrected chi connectivity index (χ4v) is 2.41. The first kappa shape index (κ1) is 17.1. The molecule has 126 valence electrons. The lowest BCUT2D eigenvalue weighted by Gasteiger charge is -2.40. The number of aromatic nitrogens is 1. The van der Waals surface area contributed by atoms with E-state index in [0.717, 1.165) is 5.82 Å². The molecule has 7 heteroatoms. The molecule has 1 unspecified atom stereocenters. The molecule has 1 atom stereocenters. The van der Waals surface area contributed by atoms with Gasteiger partial charge in [0.15, 0.2) is 6.04 Å². The second-order valence-corrected chi connectivity index (χ2v) is 6.35. The summed E-state index contributed by atoms with van der Waals surface area (Å²) in [5.74, 6) is 0.307. The van der Waals surface area contributed by atoms with Gasteiger partial charge in [-0.1, -0.05) is 6.07 Å². The van der Waals surface area contributed by atoms with Crippen molar-refractivity contribution in [2.45, 2.75) is 32.4 Å². The van der Waals surface area contributed by atoms with E-state index in [0.29, 0.717) is 19.6 Å². The summed E-state index contributed by atoms with van der Waals surface area (Å²) >= 11 is 0. The minimum absolute atomic E-state index is 0.322. The van der Waals surface area contributed by atoms with Crippen LogP contribution in [0.3, 0.4) is 0 Å². The van der Waals surface area contributed by atoms with Crippen LogP contribution >= 0.6 is 0 Å². The van der Waals surface area contributed by atoms with Crippen LogP contribution in [0.15, 0.2) is 24.4 Å². The Balaban J connectivity index is 2.16. The molecule has 1 aromatic rings. The topological polar surface area (TPSA) is 72.0 Å². The summed E-state index contributed by atoms with van der Waals surface area (Å²) in [4.78, 5) is 32.1. The van der Waals surface area contributed by atoms with E-state index in [2.05, 4.69) is 4.98 Å². The number of anilines is 1. The number of piperazine rings is 1. The van der Waals surface area contributed by atoms with Crippen LogP contribution in [0.25, 0.3) is 0 Å². The Morgan fingerprint density at radius 1 is 1.26 bits per heavy atom. The van der Waals surface area contributed by atoms with Crippen molar-refractivity contribution in [2.75, 3.05) is 31.6 Å². The van der Waals surface area contributed by atoms with Crippen molar-refractivity contribution >= 4 is 17.9 Å². The van der Waals surface area contributed by atoms with Gasteiger partial charge in [0, 0.05) is 19.3 Å². The van der Waals surface area contributed by atoms with Crippen molar-refractivity contribution in [3.63, 3.8) is 0 Å². The molecule has 23 heavy (non-hydrogen) atoms. The average Bonchev–Trinajstić information content (AvgIpc) is 2.52. The van der Waals surface area contributed by atoms with E-state index < -0.39 is 23.7 Å². The van der Waals surface area contributed by atoms with Gasteiger partial charge in [-0.3, -0.25) is 4.90 Å². The molecular weight excluding hydrogens is 298 g/mol. The Labute approximate surface area is 136 Å². The normalized spacial score (nSPS) is 18.5. The first-order valence-corrected chi connectivity index (χ1v) is 7.55. The van der Waals surface area contributed by atoms with E-state index >= 15 is 0 Å². The molecule has 0 saturated carbocycles. The zero-order valence-electron chi connectivity index (χ0n) is 14.0. The minimum Gasteiger partial charge on any atom is -0.467 e. The van der Waals surface area contributed by atoms with Gasteiger partial charge in [-0.05, 0) is 32.9 Å². The van der Waals surface area contributed by atoms with Gasteiger partial charge in [0.05, 0.1) is 13.7 Å². The molecule has 0 N–H and O–H groups in total. The summed E-state index contributed by atoms with van der Waals surface area (Å²) < 4.78 is 10.2. The quantitative estimate of drug-likeness (QED) is 0.772. The van der Waals surface area contributed by atoms with Gasteiger partial charge >= 0.3 is 12.1 Å². The highest BCUT2D eigenvalue weighted by molar-refractivity contribution is 5.82. The zero-order chi connectivity index (χ0) is 17.0. The highest BCUT2D eigenvalue weighted by Gasteiger charge is 2.38. The number of ether oxygens (including phenoxy) is 2. The van der Waals surface area contributed by atoms with Crippen molar-refractivity contribution in [2.24, 2.45) is 0 Å². The molecule has 7 nitrogen and oxygen atoms in total. The molecule has 0 bridgehead atoms. The van der Waals surface area contributed by atoms with E-state index in [1.807, 2.05) is 23.1 Å². The van der Waals surface area contributed by atoms with E-state index in [1.165, 1.54) is 12.0 Å². The second kappa shape index (κ2) is 6.85. The Hall–Kier alpha value is -2.31. The fraction of sp³-hybridized carbons (Fsp3) is 0.562. The van der Waals surface area contributed by atoms with Crippen molar-refractivity contribution in [3.8, 4) is 0 Å². The number of esters is 1. The molecular formula is C16H23N3O4. The molecule has 0 aromatic carbocycles. The summed E-state index contributed by atoms with van der Waals surface area (Å²) in [6.07, 6.45) is 1.19. The van der Waals surface area contributed by atoms with E-state index in [9.17, 15) is 9.59 Å². The summed E-state index contributed by atoms with van der Waals surface area (Å²) in [5, 5.41) is 0. The number of amides is 1. The molecule has 1 fully saturated rings. The lowest BCUT2D eigenvalue weighted by Crippen LogP contribution is -2.59.